The largest absolute Gasteiger partial charge is 0.454 e. The van der Waals surface area contributed by atoms with Gasteiger partial charge >= 0.3 is 5.97 Å². The minimum absolute atomic E-state index is 0.277. The molecule has 6 heteroatoms. The summed E-state index contributed by atoms with van der Waals surface area (Å²) in [6.45, 7) is -0.339. The Bertz CT molecular complexity index is 1060. The topological polar surface area (TPSA) is 67.2 Å². The number of esters is 1. The molecule has 0 fully saturated rings. The SMILES string of the molecule is N#Cc1ccccc1Sc1ccccc1C(=O)OCC(=O)c1ccc(Br)cc1. The standard InChI is InChI=1S/C22H14BrNO3S/c23-17-11-9-15(10-12-17)19(25)14-27-22(26)18-6-2-4-8-21(18)28-20-7-3-1-5-16(20)13-24/h1-12H,14H2. The van der Waals surface area contributed by atoms with E-state index >= 15 is 0 Å². The number of Topliss-reactive ketones (excluding diaryl/α,β-unsaturated/α-hetero) is 1. The normalized spacial score (nSPS) is 10.1. The molecule has 0 radical (unpaired) electrons. The molecule has 3 aromatic rings. The van der Waals surface area contributed by atoms with E-state index in [9.17, 15) is 14.9 Å². The van der Waals surface area contributed by atoms with Crippen molar-refractivity contribution < 1.29 is 14.3 Å². The summed E-state index contributed by atoms with van der Waals surface area (Å²) in [5.41, 5.74) is 1.35. The van der Waals surface area contributed by atoms with E-state index in [1.807, 2.05) is 12.1 Å². The number of hydrogen-bond acceptors (Lipinski definition) is 5. The molecule has 3 rings (SSSR count). The van der Waals surface area contributed by atoms with E-state index in [1.54, 1.807) is 60.7 Å². The van der Waals surface area contributed by atoms with Gasteiger partial charge in [-0.1, -0.05) is 64.1 Å². The molecule has 0 heterocycles. The summed E-state index contributed by atoms with van der Waals surface area (Å²) in [7, 11) is 0. The maximum atomic E-state index is 12.5. The lowest BCUT2D eigenvalue weighted by Gasteiger charge is -2.10. The van der Waals surface area contributed by atoms with E-state index < -0.39 is 5.97 Å². The van der Waals surface area contributed by atoms with Crippen LogP contribution in [0.5, 0.6) is 0 Å². The minimum Gasteiger partial charge on any atom is -0.454 e. The van der Waals surface area contributed by atoms with E-state index in [2.05, 4.69) is 22.0 Å². The fourth-order valence-corrected chi connectivity index (χ4v) is 3.70. The van der Waals surface area contributed by atoms with Gasteiger partial charge in [-0.25, -0.2) is 4.79 Å². The molecule has 0 amide bonds. The molecule has 0 aliphatic rings. The van der Waals surface area contributed by atoms with Gasteiger partial charge in [0.2, 0.25) is 0 Å². The summed E-state index contributed by atoms with van der Waals surface area (Å²) < 4.78 is 6.10. The highest BCUT2D eigenvalue weighted by Gasteiger charge is 2.16. The van der Waals surface area contributed by atoms with E-state index in [0.717, 1.165) is 9.37 Å². The highest BCUT2D eigenvalue weighted by Crippen LogP contribution is 2.32. The average molecular weight is 452 g/mol. The number of carbonyl (C=O) groups is 2. The maximum absolute atomic E-state index is 12.5. The Hall–Kier alpha value is -2.88. The maximum Gasteiger partial charge on any atom is 0.339 e. The number of nitrogens with zero attached hydrogens (tertiary/aromatic N) is 1. The van der Waals surface area contributed by atoms with Gasteiger partial charge in [0.1, 0.15) is 6.07 Å². The van der Waals surface area contributed by atoms with Gasteiger partial charge < -0.3 is 4.74 Å². The van der Waals surface area contributed by atoms with Crippen molar-refractivity contribution in [1.82, 2.24) is 0 Å². The Labute approximate surface area is 175 Å². The molecule has 0 N–H and O–H groups in total. The molecule has 0 atom stereocenters. The molecule has 0 spiro atoms. The first-order valence-corrected chi connectivity index (χ1v) is 9.91. The monoisotopic (exact) mass is 451 g/mol. The fourth-order valence-electron chi connectivity index (χ4n) is 2.42. The molecule has 138 valence electrons. The van der Waals surface area contributed by atoms with Crippen molar-refractivity contribution in [3.05, 3.63) is 94.0 Å². The summed E-state index contributed by atoms with van der Waals surface area (Å²) in [6, 6.07) is 23.1. The summed E-state index contributed by atoms with van der Waals surface area (Å²) in [6.07, 6.45) is 0. The van der Waals surface area contributed by atoms with Gasteiger partial charge in [-0.2, -0.15) is 5.26 Å². The fraction of sp³-hybridized carbons (Fsp3) is 0.0455. The van der Waals surface area contributed by atoms with Gasteiger partial charge in [0, 0.05) is 19.8 Å². The van der Waals surface area contributed by atoms with Crippen LogP contribution >= 0.6 is 27.7 Å². The molecule has 3 aromatic carbocycles. The van der Waals surface area contributed by atoms with Crippen LogP contribution in [0.15, 0.2) is 87.1 Å². The number of rotatable bonds is 6. The zero-order chi connectivity index (χ0) is 19.9. The summed E-state index contributed by atoms with van der Waals surface area (Å²) in [5.74, 6) is -0.858. The van der Waals surface area contributed by atoms with E-state index in [1.165, 1.54) is 11.8 Å². The van der Waals surface area contributed by atoms with Crippen LogP contribution < -0.4 is 0 Å². The van der Waals surface area contributed by atoms with Gasteiger partial charge in [-0.15, -0.1) is 0 Å². The van der Waals surface area contributed by atoms with Crippen LogP contribution in [0, 0.1) is 11.3 Å². The number of nitriles is 1. The number of halogens is 1. The average Bonchev–Trinajstić information content (AvgIpc) is 2.73. The van der Waals surface area contributed by atoms with Gasteiger partial charge in [0.05, 0.1) is 11.1 Å². The number of carbonyl (C=O) groups excluding carboxylic acids is 2. The van der Waals surface area contributed by atoms with Gasteiger partial charge in [-0.05, 0) is 36.4 Å². The number of ketones is 1. The predicted molar refractivity (Wildman–Crippen MR) is 110 cm³/mol. The van der Waals surface area contributed by atoms with Gasteiger partial charge in [0.25, 0.3) is 0 Å². The van der Waals surface area contributed by atoms with E-state index in [-0.39, 0.29) is 12.4 Å². The summed E-state index contributed by atoms with van der Waals surface area (Å²) in [4.78, 5) is 26.2. The van der Waals surface area contributed by atoms with E-state index in [4.69, 9.17) is 4.74 Å². The molecule has 0 unspecified atom stereocenters. The second kappa shape index (κ2) is 9.36. The van der Waals surface area contributed by atoms with Crippen molar-refractivity contribution >= 4 is 39.4 Å². The predicted octanol–water partition coefficient (Wildman–Crippen LogP) is 5.51. The third-order valence-electron chi connectivity index (χ3n) is 3.83. The van der Waals surface area contributed by atoms with Crippen LogP contribution in [0.4, 0.5) is 0 Å². The summed E-state index contributed by atoms with van der Waals surface area (Å²) >= 11 is 4.63. The molecule has 0 saturated carbocycles. The first-order valence-electron chi connectivity index (χ1n) is 8.30. The molecule has 4 nitrogen and oxygen atoms in total. The van der Waals surface area contributed by atoms with Crippen molar-refractivity contribution in [1.29, 1.82) is 5.26 Å². The van der Waals surface area contributed by atoms with Crippen molar-refractivity contribution in [2.45, 2.75) is 9.79 Å². The second-order valence-electron chi connectivity index (χ2n) is 5.71. The van der Waals surface area contributed by atoms with Gasteiger partial charge in [0.15, 0.2) is 12.4 Å². The third-order valence-corrected chi connectivity index (χ3v) is 5.52. The Balaban J connectivity index is 1.73. The molecule has 0 aliphatic heterocycles. The molecule has 28 heavy (non-hydrogen) atoms. The van der Waals surface area contributed by atoms with E-state index in [0.29, 0.717) is 21.6 Å². The number of hydrogen-bond donors (Lipinski definition) is 0. The van der Waals surface area contributed by atoms with Crippen LogP contribution in [-0.2, 0) is 4.74 Å². The molecular weight excluding hydrogens is 438 g/mol. The molecule has 0 saturated heterocycles. The smallest absolute Gasteiger partial charge is 0.339 e. The molecule has 0 aromatic heterocycles. The minimum atomic E-state index is -0.581. The lowest BCUT2D eigenvalue weighted by atomic mass is 10.1. The summed E-state index contributed by atoms with van der Waals surface area (Å²) in [5, 5.41) is 9.25. The Morgan fingerprint density at radius 3 is 2.29 bits per heavy atom. The molecular formula is C22H14BrNO3S. The van der Waals surface area contributed by atoms with Gasteiger partial charge in [-0.3, -0.25) is 4.79 Å². The van der Waals surface area contributed by atoms with Crippen molar-refractivity contribution in [3.63, 3.8) is 0 Å². The highest BCUT2D eigenvalue weighted by molar-refractivity contribution is 9.10. The molecule has 0 bridgehead atoms. The van der Waals surface area contributed by atoms with Crippen molar-refractivity contribution in [3.8, 4) is 6.07 Å². The van der Waals surface area contributed by atoms with Crippen molar-refractivity contribution in [2.24, 2.45) is 0 Å². The number of ether oxygens (including phenoxy) is 1. The van der Waals surface area contributed by atoms with Crippen LogP contribution in [0.2, 0.25) is 0 Å². The Morgan fingerprint density at radius 1 is 0.929 bits per heavy atom. The van der Waals surface area contributed by atoms with Crippen LogP contribution in [0.25, 0.3) is 0 Å². The Kier molecular flexibility index (Phi) is 6.64. The third kappa shape index (κ3) is 4.89. The van der Waals surface area contributed by atoms with Crippen LogP contribution in [0.1, 0.15) is 26.3 Å². The van der Waals surface area contributed by atoms with Crippen molar-refractivity contribution in [2.75, 3.05) is 6.61 Å². The highest BCUT2D eigenvalue weighted by atomic mass is 79.9. The zero-order valence-electron chi connectivity index (χ0n) is 14.6. The first kappa shape index (κ1) is 19.9. The molecule has 0 aliphatic carbocycles. The van der Waals surface area contributed by atoms with Crippen LogP contribution in [-0.4, -0.2) is 18.4 Å². The first-order chi connectivity index (χ1) is 13.6. The second-order valence-corrected chi connectivity index (χ2v) is 7.71. The lowest BCUT2D eigenvalue weighted by Crippen LogP contribution is -2.14. The zero-order valence-corrected chi connectivity index (χ0v) is 17.0. The quantitative estimate of drug-likeness (QED) is 0.364. The van der Waals surface area contributed by atoms with Crippen LogP contribution in [0.3, 0.4) is 0 Å². The Morgan fingerprint density at radius 2 is 1.57 bits per heavy atom. The number of benzene rings is 3. The lowest BCUT2D eigenvalue weighted by molar-refractivity contribution is 0.0471.